The Balaban J connectivity index is 2.03. The third-order valence-corrected chi connectivity index (χ3v) is 4.62. The summed E-state index contributed by atoms with van der Waals surface area (Å²) in [6, 6.07) is 14.0. The molecule has 0 saturated heterocycles. The van der Waals surface area contributed by atoms with Gasteiger partial charge in [-0.05, 0) is 30.2 Å². The van der Waals surface area contributed by atoms with Gasteiger partial charge in [-0.2, -0.15) is 0 Å². The zero-order valence-electron chi connectivity index (χ0n) is 13.1. The molecule has 5 nitrogen and oxygen atoms in total. The van der Waals surface area contributed by atoms with E-state index in [1.165, 1.54) is 13.2 Å². The second kappa shape index (κ2) is 7.39. The predicted molar refractivity (Wildman–Crippen MR) is 88.4 cm³/mol. The van der Waals surface area contributed by atoms with Gasteiger partial charge < -0.3 is 4.74 Å². The van der Waals surface area contributed by atoms with Crippen LogP contribution in [0.4, 0.5) is 0 Å². The molecule has 0 radical (unpaired) electrons. The minimum atomic E-state index is -3.49. The summed E-state index contributed by atoms with van der Waals surface area (Å²) >= 11 is 0. The van der Waals surface area contributed by atoms with Crippen LogP contribution < -0.4 is 4.72 Å². The van der Waals surface area contributed by atoms with Crippen molar-refractivity contribution in [2.75, 3.05) is 7.11 Å². The van der Waals surface area contributed by atoms with Crippen LogP contribution in [-0.4, -0.2) is 21.5 Å². The topological polar surface area (TPSA) is 72.5 Å². The fourth-order valence-electron chi connectivity index (χ4n) is 2.08. The van der Waals surface area contributed by atoms with E-state index in [0.717, 1.165) is 11.1 Å². The van der Waals surface area contributed by atoms with E-state index in [2.05, 4.69) is 9.46 Å². The molecular weight excluding hydrogens is 314 g/mol. The summed E-state index contributed by atoms with van der Waals surface area (Å²) in [6.07, 6.45) is 0. The first-order chi connectivity index (χ1) is 10.9. The Morgan fingerprint density at radius 1 is 1.09 bits per heavy atom. The lowest BCUT2D eigenvalue weighted by Gasteiger charge is -2.08. The number of hydrogen-bond donors (Lipinski definition) is 1. The van der Waals surface area contributed by atoms with Crippen molar-refractivity contribution in [2.24, 2.45) is 0 Å². The van der Waals surface area contributed by atoms with Gasteiger partial charge in [0.2, 0.25) is 10.0 Å². The van der Waals surface area contributed by atoms with E-state index in [4.69, 9.17) is 0 Å². The standard InChI is InChI=1S/C17H19NO4S/c1-13-6-8-14(9-7-13)11-18-23(20,21)12-15-4-3-5-16(10-15)17(19)22-2/h3-10,18H,11-12H2,1-2H3. The van der Waals surface area contributed by atoms with Crippen molar-refractivity contribution in [1.82, 2.24) is 4.72 Å². The first-order valence-corrected chi connectivity index (χ1v) is 8.75. The molecule has 0 unspecified atom stereocenters. The van der Waals surface area contributed by atoms with Gasteiger partial charge >= 0.3 is 5.97 Å². The molecule has 1 N–H and O–H groups in total. The molecule has 6 heteroatoms. The molecular formula is C17H19NO4S. The summed E-state index contributed by atoms with van der Waals surface area (Å²) in [6.45, 7) is 2.21. The summed E-state index contributed by atoms with van der Waals surface area (Å²) < 4.78 is 31.5. The highest BCUT2D eigenvalue weighted by Crippen LogP contribution is 2.10. The van der Waals surface area contributed by atoms with Crippen molar-refractivity contribution in [3.05, 3.63) is 70.8 Å². The number of carbonyl (C=O) groups is 1. The second-order valence-corrected chi connectivity index (χ2v) is 7.06. The lowest BCUT2D eigenvalue weighted by molar-refractivity contribution is 0.0600. The monoisotopic (exact) mass is 333 g/mol. The number of nitrogens with one attached hydrogen (secondary N) is 1. The van der Waals surface area contributed by atoms with Gasteiger partial charge in [0.05, 0.1) is 18.4 Å². The van der Waals surface area contributed by atoms with Gasteiger partial charge in [-0.1, -0.05) is 42.0 Å². The van der Waals surface area contributed by atoms with Crippen LogP contribution in [0, 0.1) is 6.92 Å². The third kappa shape index (κ3) is 5.19. The first-order valence-electron chi connectivity index (χ1n) is 7.10. The van der Waals surface area contributed by atoms with Gasteiger partial charge in [-0.3, -0.25) is 0 Å². The maximum atomic E-state index is 12.2. The molecule has 0 aliphatic rings. The second-order valence-electron chi connectivity index (χ2n) is 5.26. The van der Waals surface area contributed by atoms with Crippen LogP contribution >= 0.6 is 0 Å². The molecule has 0 aliphatic carbocycles. The molecule has 0 saturated carbocycles. The Kier molecular flexibility index (Phi) is 5.52. The van der Waals surface area contributed by atoms with E-state index in [0.29, 0.717) is 11.1 Å². The molecule has 0 amide bonds. The molecule has 2 aromatic carbocycles. The van der Waals surface area contributed by atoms with E-state index < -0.39 is 16.0 Å². The average molecular weight is 333 g/mol. The minimum absolute atomic E-state index is 0.191. The number of hydrogen-bond acceptors (Lipinski definition) is 4. The summed E-state index contributed by atoms with van der Waals surface area (Å²) in [5.41, 5.74) is 2.88. The highest BCUT2D eigenvalue weighted by molar-refractivity contribution is 7.88. The van der Waals surface area contributed by atoms with Crippen molar-refractivity contribution >= 4 is 16.0 Å². The summed E-state index contributed by atoms with van der Waals surface area (Å²) in [5.74, 6) is -0.680. The first kappa shape index (κ1) is 17.2. The van der Waals surface area contributed by atoms with Crippen molar-refractivity contribution in [2.45, 2.75) is 19.2 Å². The molecule has 2 rings (SSSR count). The average Bonchev–Trinajstić information content (AvgIpc) is 2.53. The molecule has 0 heterocycles. The van der Waals surface area contributed by atoms with Crippen LogP contribution in [0.2, 0.25) is 0 Å². The van der Waals surface area contributed by atoms with Gasteiger partial charge in [0.15, 0.2) is 0 Å². The van der Waals surface area contributed by atoms with Gasteiger partial charge in [0.1, 0.15) is 0 Å². The number of aryl methyl sites for hydroxylation is 1. The lowest BCUT2D eigenvalue weighted by atomic mass is 10.1. The Labute approximate surface area is 136 Å². The molecule has 0 spiro atoms. The highest BCUT2D eigenvalue weighted by Gasteiger charge is 2.13. The summed E-state index contributed by atoms with van der Waals surface area (Å²) in [5, 5.41) is 0. The van der Waals surface area contributed by atoms with E-state index in [9.17, 15) is 13.2 Å². The van der Waals surface area contributed by atoms with Gasteiger partial charge in [-0.25, -0.2) is 17.9 Å². The number of methoxy groups -OCH3 is 1. The normalized spacial score (nSPS) is 11.2. The molecule has 0 aromatic heterocycles. The number of sulfonamides is 1. The lowest BCUT2D eigenvalue weighted by Crippen LogP contribution is -2.24. The van der Waals surface area contributed by atoms with Crippen LogP contribution in [0.25, 0.3) is 0 Å². The van der Waals surface area contributed by atoms with Crippen LogP contribution in [0.15, 0.2) is 48.5 Å². The number of ether oxygens (including phenoxy) is 1. The molecule has 0 aliphatic heterocycles. The number of rotatable bonds is 6. The Hall–Kier alpha value is -2.18. The van der Waals surface area contributed by atoms with Gasteiger partial charge in [0, 0.05) is 6.54 Å². The Bertz CT molecular complexity index is 782. The Morgan fingerprint density at radius 2 is 1.78 bits per heavy atom. The molecule has 0 fully saturated rings. The number of carbonyl (C=O) groups excluding carboxylic acids is 1. The van der Waals surface area contributed by atoms with Gasteiger partial charge in [0.25, 0.3) is 0 Å². The van der Waals surface area contributed by atoms with E-state index in [-0.39, 0.29) is 12.3 Å². The highest BCUT2D eigenvalue weighted by atomic mass is 32.2. The predicted octanol–water partition coefficient (Wildman–Crippen LogP) is 2.40. The third-order valence-electron chi connectivity index (χ3n) is 3.32. The maximum absolute atomic E-state index is 12.2. The summed E-state index contributed by atoms with van der Waals surface area (Å²) in [4.78, 5) is 11.5. The van der Waals surface area contributed by atoms with Crippen molar-refractivity contribution in [3.63, 3.8) is 0 Å². The van der Waals surface area contributed by atoms with Crippen LogP contribution in [0.1, 0.15) is 27.0 Å². The largest absolute Gasteiger partial charge is 0.465 e. The zero-order valence-corrected chi connectivity index (χ0v) is 13.9. The van der Waals surface area contributed by atoms with Crippen LogP contribution in [-0.2, 0) is 27.1 Å². The molecule has 2 aromatic rings. The van der Waals surface area contributed by atoms with Crippen molar-refractivity contribution < 1.29 is 17.9 Å². The SMILES string of the molecule is COC(=O)c1cccc(CS(=O)(=O)NCc2ccc(C)cc2)c1. The molecule has 122 valence electrons. The van der Waals surface area contributed by atoms with Crippen LogP contribution in [0.3, 0.4) is 0 Å². The van der Waals surface area contributed by atoms with Crippen LogP contribution in [0.5, 0.6) is 0 Å². The molecule has 0 bridgehead atoms. The smallest absolute Gasteiger partial charge is 0.337 e. The maximum Gasteiger partial charge on any atom is 0.337 e. The minimum Gasteiger partial charge on any atom is -0.465 e. The van der Waals surface area contributed by atoms with E-state index in [1.807, 2.05) is 31.2 Å². The van der Waals surface area contributed by atoms with Crippen molar-refractivity contribution in [1.29, 1.82) is 0 Å². The fraction of sp³-hybridized carbons (Fsp3) is 0.235. The quantitative estimate of drug-likeness (QED) is 0.824. The Morgan fingerprint density at radius 3 is 2.43 bits per heavy atom. The van der Waals surface area contributed by atoms with E-state index in [1.54, 1.807) is 18.2 Å². The van der Waals surface area contributed by atoms with Gasteiger partial charge in [-0.15, -0.1) is 0 Å². The molecule has 0 atom stereocenters. The zero-order chi connectivity index (χ0) is 16.9. The fourth-order valence-corrected chi connectivity index (χ4v) is 3.18. The summed E-state index contributed by atoms with van der Waals surface area (Å²) in [7, 11) is -2.21. The van der Waals surface area contributed by atoms with Crippen molar-refractivity contribution in [3.8, 4) is 0 Å². The van der Waals surface area contributed by atoms with E-state index >= 15 is 0 Å². The number of esters is 1. The number of benzene rings is 2. The molecule has 23 heavy (non-hydrogen) atoms.